The number of para-hydroxylation sites is 4. The van der Waals surface area contributed by atoms with Gasteiger partial charge < -0.3 is 64.4 Å². The number of pyridine rings is 2. The van der Waals surface area contributed by atoms with E-state index in [4.69, 9.17) is 65.7 Å². The number of hydrogen-bond acceptors (Lipinski definition) is 15. The van der Waals surface area contributed by atoms with E-state index < -0.39 is 46.4 Å². The molecule has 2 aliphatic heterocycles. The molecule has 0 amide bonds. The Balaban J connectivity index is 0.000000178. The van der Waals surface area contributed by atoms with Crippen LogP contribution in [-0.4, -0.2) is 126 Å². The fraction of sp³-hybridized carbons (Fsp3) is 0.352. The highest BCUT2D eigenvalue weighted by Gasteiger charge is 2.38. The van der Waals surface area contributed by atoms with Crippen LogP contribution >= 0.6 is 46.4 Å². The number of aromatic carboxylic acids is 2. The van der Waals surface area contributed by atoms with E-state index in [9.17, 15) is 39.0 Å². The van der Waals surface area contributed by atoms with Crippen molar-refractivity contribution in [3.8, 4) is 11.5 Å². The Morgan fingerprint density at radius 3 is 1.40 bits per heavy atom. The van der Waals surface area contributed by atoms with Crippen molar-refractivity contribution in [2.75, 3.05) is 80.7 Å². The van der Waals surface area contributed by atoms with Crippen molar-refractivity contribution < 1.29 is 57.5 Å². The number of carboxylic acids is 3. The van der Waals surface area contributed by atoms with Gasteiger partial charge in [0.15, 0.2) is 23.1 Å². The molecule has 12 rings (SSSR count). The van der Waals surface area contributed by atoms with Crippen LogP contribution < -0.4 is 46.1 Å². The summed E-state index contributed by atoms with van der Waals surface area (Å²) in [6, 6.07) is 25.0. The van der Waals surface area contributed by atoms with E-state index in [1.807, 2.05) is 68.0 Å². The third kappa shape index (κ3) is 14.8. The number of esters is 1. The second-order valence-corrected chi connectivity index (χ2v) is 26.2. The molecule has 6 N–H and O–H groups in total. The number of anilines is 6. The molecule has 26 heteroatoms. The van der Waals surface area contributed by atoms with Crippen molar-refractivity contribution in [3.63, 3.8) is 0 Å². The number of hydrogen-bond donors (Lipinski definition) is 6. The minimum atomic E-state index is -1.34. The number of halogens is 6. The van der Waals surface area contributed by atoms with Gasteiger partial charge in [0, 0.05) is 97.3 Å². The monoisotopic (exact) mass is 1410 g/mol. The lowest BCUT2D eigenvalue weighted by atomic mass is 9.99. The molecule has 2 aliphatic carbocycles. The predicted molar refractivity (Wildman–Crippen MR) is 375 cm³/mol. The number of nitrogens with zero attached hydrogens (tertiary/aromatic N) is 5. The van der Waals surface area contributed by atoms with Crippen molar-refractivity contribution >= 4 is 126 Å². The summed E-state index contributed by atoms with van der Waals surface area (Å²) < 4.78 is 52.9. The highest BCUT2D eigenvalue weighted by molar-refractivity contribution is 6.40. The lowest BCUT2D eigenvalue weighted by Gasteiger charge is -2.41. The third-order valence-corrected chi connectivity index (χ3v) is 19.2. The molecule has 6 aromatic carbocycles. The van der Waals surface area contributed by atoms with E-state index in [-0.39, 0.29) is 88.2 Å². The SMILES string of the molecule is COc1c(N2CCN(COC(=O)Cc3ccccc3Nc3c(Cl)cccc3Cl)C(C)C2)c(F)c(C)c2c(=O)c(C(=O)O)c(C)n(C3CC3)c12.COc1c(N2CCNC(C)C2)c(F)c(C)c2c(=O)c(C(=O)O)c(C)n(C3CC3)c12.O=C(O)Cc1ccccc1Nc1c(Cl)cccc1Cl. The molecule has 4 fully saturated rings. The van der Waals surface area contributed by atoms with Gasteiger partial charge in [-0.15, -0.1) is 0 Å². The lowest BCUT2D eigenvalue weighted by molar-refractivity contribution is -0.148. The van der Waals surface area contributed by atoms with Crippen LogP contribution in [0.1, 0.15) is 106 Å². The lowest BCUT2D eigenvalue weighted by Crippen LogP contribution is -2.53. The molecular formula is C71H74Cl4F2N8O12. The van der Waals surface area contributed by atoms with Gasteiger partial charge in [-0.1, -0.05) is 94.9 Å². The Labute approximate surface area is 578 Å². The maximum absolute atomic E-state index is 16.3. The Morgan fingerprint density at radius 1 is 0.588 bits per heavy atom. The summed E-state index contributed by atoms with van der Waals surface area (Å²) in [5.41, 5.74) is 4.32. The molecule has 0 spiro atoms. The number of carboxylic acid groups (broad SMARTS) is 3. The van der Waals surface area contributed by atoms with Crippen LogP contribution in [0.3, 0.4) is 0 Å². The molecule has 8 aromatic rings. The second-order valence-electron chi connectivity index (χ2n) is 24.5. The molecular weight excluding hydrogens is 1340 g/mol. The number of rotatable bonds is 18. The highest BCUT2D eigenvalue weighted by atomic mass is 35.5. The summed E-state index contributed by atoms with van der Waals surface area (Å²) in [7, 11) is 2.91. The molecule has 512 valence electrons. The number of benzene rings is 6. The molecule has 97 heavy (non-hydrogen) atoms. The molecule has 0 radical (unpaired) electrons. The van der Waals surface area contributed by atoms with E-state index in [1.54, 1.807) is 75.4 Å². The van der Waals surface area contributed by atoms with Crippen LogP contribution in [-0.2, 0) is 27.2 Å². The number of ether oxygens (including phenoxy) is 3. The average molecular weight is 1410 g/mol. The molecule has 2 saturated carbocycles. The number of methoxy groups -OCH3 is 2. The van der Waals surface area contributed by atoms with Gasteiger partial charge in [-0.05, 0) is 115 Å². The van der Waals surface area contributed by atoms with E-state index >= 15 is 8.78 Å². The zero-order valence-electron chi connectivity index (χ0n) is 54.6. The summed E-state index contributed by atoms with van der Waals surface area (Å²) in [4.78, 5) is 80.2. The zero-order chi connectivity index (χ0) is 70.0. The largest absolute Gasteiger partial charge is 0.492 e. The number of aromatic nitrogens is 2. The van der Waals surface area contributed by atoms with Crippen LogP contribution in [0.4, 0.5) is 42.9 Å². The zero-order valence-corrected chi connectivity index (χ0v) is 57.6. The van der Waals surface area contributed by atoms with Gasteiger partial charge in [-0.2, -0.15) is 0 Å². The Kier molecular flexibility index (Phi) is 22.0. The van der Waals surface area contributed by atoms with Gasteiger partial charge in [-0.25, -0.2) is 18.4 Å². The Bertz CT molecular complexity index is 4520. The van der Waals surface area contributed by atoms with Crippen molar-refractivity contribution in [1.82, 2.24) is 19.4 Å². The first kappa shape index (κ1) is 71.1. The van der Waals surface area contributed by atoms with E-state index in [0.717, 1.165) is 25.7 Å². The van der Waals surface area contributed by atoms with Gasteiger partial charge in [0.1, 0.15) is 29.2 Å². The van der Waals surface area contributed by atoms with E-state index in [2.05, 4.69) is 16.0 Å². The summed E-state index contributed by atoms with van der Waals surface area (Å²) in [6.45, 7) is 13.6. The first-order valence-corrected chi connectivity index (χ1v) is 33.1. The van der Waals surface area contributed by atoms with Gasteiger partial charge >= 0.3 is 23.9 Å². The molecule has 0 bridgehead atoms. The first-order valence-electron chi connectivity index (χ1n) is 31.6. The fourth-order valence-electron chi connectivity index (χ4n) is 12.9. The van der Waals surface area contributed by atoms with Crippen molar-refractivity contribution in [3.05, 3.63) is 182 Å². The normalized spacial score (nSPS) is 16.2. The predicted octanol–water partition coefficient (Wildman–Crippen LogP) is 14.1. The maximum Gasteiger partial charge on any atom is 0.341 e. The molecule has 2 saturated heterocycles. The number of carbonyl (C=O) groups is 4. The number of aryl methyl sites for hydroxylation is 2. The molecule has 2 atom stereocenters. The van der Waals surface area contributed by atoms with Crippen LogP contribution in [0.2, 0.25) is 20.1 Å². The summed E-state index contributed by atoms with van der Waals surface area (Å²) >= 11 is 24.8. The fourth-order valence-corrected chi connectivity index (χ4v) is 13.9. The standard InChI is InChI=1S/C36H37Cl2FN4O6.C21H26FN3O4.C14H11Cl2NO2/c1-19-17-41(33-30(39)20(2)28-32(35(33)48-4)43(23-12-13-23)21(3)29(34(28)45)36(46)47)14-15-42(19)18-49-27(44)16-22-8-5-6-11-26(22)40-31-24(37)9-7-10-25(31)38;1-10-9-24(8-7-23-10)18-16(22)11(2)14-17(20(18)29-4)25(13-5-6-13)12(3)15(19(14)26)21(27)28;15-10-5-3-6-11(16)14(10)17-12-7-2-1-4-9(12)8-13(18)19/h5-11,19,23,40H,12-18H2,1-4H3,(H,46,47);10,13,23H,5-9H2,1-4H3,(H,27,28);1-7,17H,8H2,(H,18,19). The van der Waals surface area contributed by atoms with E-state index in [1.165, 1.54) is 21.1 Å². The first-order chi connectivity index (χ1) is 46.3. The number of carbonyl (C=O) groups excluding carboxylic acids is 1. The molecule has 4 heterocycles. The molecule has 4 aliphatic rings. The summed E-state index contributed by atoms with van der Waals surface area (Å²) in [6.07, 6.45) is 3.36. The van der Waals surface area contributed by atoms with Crippen molar-refractivity contribution in [2.45, 2.75) is 104 Å². The van der Waals surface area contributed by atoms with E-state index in [0.29, 0.717) is 127 Å². The Morgan fingerprint density at radius 2 is 1.01 bits per heavy atom. The Hall–Kier alpha value is -8.64. The number of nitrogens with one attached hydrogen (secondary N) is 3. The molecule has 2 unspecified atom stereocenters. The van der Waals surface area contributed by atoms with Crippen molar-refractivity contribution in [1.29, 1.82) is 0 Å². The number of piperazine rings is 2. The van der Waals surface area contributed by atoms with Gasteiger partial charge in [0.25, 0.3) is 0 Å². The minimum Gasteiger partial charge on any atom is -0.492 e. The van der Waals surface area contributed by atoms with Gasteiger partial charge in [0.2, 0.25) is 10.9 Å². The summed E-state index contributed by atoms with van der Waals surface area (Å²) in [5, 5.41) is 40.1. The minimum absolute atomic E-state index is 0.00467. The third-order valence-electron chi connectivity index (χ3n) is 18.0. The second kappa shape index (κ2) is 30.0. The van der Waals surface area contributed by atoms with Crippen molar-refractivity contribution in [2.24, 2.45) is 0 Å². The maximum atomic E-state index is 16.3. The average Bonchev–Trinajstić information content (AvgIpc) is 1.71. The number of aliphatic carboxylic acids is 1. The molecule has 20 nitrogen and oxygen atoms in total. The van der Waals surface area contributed by atoms with Gasteiger partial charge in [-0.3, -0.25) is 24.1 Å². The van der Waals surface area contributed by atoms with Crippen LogP contribution in [0.25, 0.3) is 21.8 Å². The van der Waals surface area contributed by atoms with Gasteiger partial charge in [0.05, 0.1) is 80.3 Å². The highest BCUT2D eigenvalue weighted by Crippen LogP contribution is 2.49. The topological polar surface area (TPSA) is 246 Å². The molecule has 2 aromatic heterocycles. The van der Waals surface area contributed by atoms with Crippen LogP contribution in [0.15, 0.2) is 94.5 Å². The number of fused-ring (bicyclic) bond motifs is 2. The quantitative estimate of drug-likeness (QED) is 0.0437. The van der Waals surface area contributed by atoms with Crippen LogP contribution in [0, 0.1) is 39.3 Å². The smallest absolute Gasteiger partial charge is 0.341 e. The van der Waals surface area contributed by atoms with Crippen LogP contribution in [0.5, 0.6) is 11.5 Å². The summed E-state index contributed by atoms with van der Waals surface area (Å²) in [5.74, 6) is -4.57.